The normalized spacial score (nSPS) is 33.0. The number of methoxy groups -OCH3 is 1. The number of nitrogens with zero attached hydrogens (tertiary/aromatic N) is 1. The Balaban J connectivity index is 1.62. The zero-order valence-electron chi connectivity index (χ0n) is 15.2. The van der Waals surface area contributed by atoms with Crippen LogP contribution in [0.3, 0.4) is 0 Å². The third-order valence-electron chi connectivity index (χ3n) is 6.15. The summed E-state index contributed by atoms with van der Waals surface area (Å²) in [6, 6.07) is 4.85. The predicted octanol–water partition coefficient (Wildman–Crippen LogP) is 3.21. The predicted molar refractivity (Wildman–Crippen MR) is 93.9 cm³/mol. The maximum Gasteiger partial charge on any atom is 0.257 e. The zero-order valence-corrected chi connectivity index (χ0v) is 15.2. The lowest BCUT2D eigenvalue weighted by Crippen LogP contribution is -2.62. The standard InChI is InChI=1S/C20H27NO4/c1-19(2)11-21(12-20(25-19)10-13-4-5-14(20)8-13)18(23)16-7-6-15(24-3)9-17(16)22/h6-7,9,13-14,22H,4-5,8,10-12H2,1-3H3/t13-,14+,20+/m1/s1. The van der Waals surface area contributed by atoms with E-state index in [4.69, 9.17) is 9.47 Å². The molecule has 3 aliphatic rings. The van der Waals surface area contributed by atoms with Gasteiger partial charge in [0.1, 0.15) is 11.5 Å². The summed E-state index contributed by atoms with van der Waals surface area (Å²) in [4.78, 5) is 15.0. The Morgan fingerprint density at radius 3 is 2.72 bits per heavy atom. The molecule has 1 amide bonds. The average molecular weight is 345 g/mol. The highest BCUT2D eigenvalue weighted by molar-refractivity contribution is 5.97. The number of aromatic hydroxyl groups is 1. The van der Waals surface area contributed by atoms with Crippen LogP contribution in [0.2, 0.25) is 0 Å². The molecular formula is C20H27NO4. The molecule has 2 aliphatic carbocycles. The minimum atomic E-state index is -0.375. The maximum absolute atomic E-state index is 13.1. The van der Waals surface area contributed by atoms with Gasteiger partial charge in [-0.15, -0.1) is 0 Å². The van der Waals surface area contributed by atoms with Gasteiger partial charge in [0.05, 0.1) is 30.4 Å². The highest BCUT2D eigenvalue weighted by Gasteiger charge is 2.57. The van der Waals surface area contributed by atoms with Crippen LogP contribution >= 0.6 is 0 Å². The molecule has 5 nitrogen and oxygen atoms in total. The third kappa shape index (κ3) is 2.78. The number of benzene rings is 1. The Hall–Kier alpha value is -1.75. The number of carbonyl (C=O) groups is 1. The van der Waals surface area contributed by atoms with Crippen LogP contribution in [0.5, 0.6) is 11.5 Å². The molecule has 0 aromatic heterocycles. The lowest BCUT2D eigenvalue weighted by molar-refractivity contribution is -0.208. The molecule has 4 rings (SSSR count). The van der Waals surface area contributed by atoms with Crippen molar-refractivity contribution in [3.05, 3.63) is 23.8 Å². The van der Waals surface area contributed by atoms with E-state index in [0.717, 1.165) is 12.3 Å². The van der Waals surface area contributed by atoms with Crippen molar-refractivity contribution in [2.75, 3.05) is 20.2 Å². The minimum absolute atomic E-state index is 0.0318. The molecule has 136 valence electrons. The molecule has 1 aliphatic heterocycles. The lowest BCUT2D eigenvalue weighted by atomic mass is 9.81. The first-order valence-corrected chi connectivity index (χ1v) is 9.18. The van der Waals surface area contributed by atoms with Crippen LogP contribution in [0.15, 0.2) is 18.2 Å². The SMILES string of the molecule is COc1ccc(C(=O)N2CC(C)(C)O[C@@]3(C[C@@H]4CC[C@H]3C4)C2)c(O)c1. The van der Waals surface area contributed by atoms with Gasteiger partial charge in [-0.2, -0.15) is 0 Å². The van der Waals surface area contributed by atoms with Crippen molar-refractivity contribution < 1.29 is 19.4 Å². The van der Waals surface area contributed by atoms with Crippen LogP contribution in [0.4, 0.5) is 0 Å². The summed E-state index contributed by atoms with van der Waals surface area (Å²) in [5.41, 5.74) is -0.250. The number of phenolic OH excluding ortho intramolecular Hbond substituents is 1. The number of morpholine rings is 1. The van der Waals surface area contributed by atoms with Gasteiger partial charge in [-0.25, -0.2) is 0 Å². The number of hydrogen-bond acceptors (Lipinski definition) is 4. The molecule has 5 heteroatoms. The number of ether oxygens (including phenoxy) is 2. The molecule has 1 heterocycles. The second-order valence-electron chi connectivity index (χ2n) is 8.55. The molecule has 25 heavy (non-hydrogen) atoms. The number of amides is 1. The molecule has 2 bridgehead atoms. The van der Waals surface area contributed by atoms with Gasteiger partial charge in [0.2, 0.25) is 0 Å². The van der Waals surface area contributed by atoms with Crippen molar-refractivity contribution in [1.82, 2.24) is 4.90 Å². The van der Waals surface area contributed by atoms with Gasteiger partial charge in [0, 0.05) is 12.6 Å². The Morgan fingerprint density at radius 1 is 1.32 bits per heavy atom. The van der Waals surface area contributed by atoms with Gasteiger partial charge in [-0.05, 0) is 63.5 Å². The van der Waals surface area contributed by atoms with Crippen molar-refractivity contribution in [3.63, 3.8) is 0 Å². The molecule has 1 spiro atoms. The van der Waals surface area contributed by atoms with E-state index in [1.54, 1.807) is 19.2 Å². The van der Waals surface area contributed by atoms with Gasteiger partial charge in [-0.3, -0.25) is 4.79 Å². The van der Waals surface area contributed by atoms with E-state index in [1.807, 2.05) is 4.90 Å². The van der Waals surface area contributed by atoms with Crippen molar-refractivity contribution in [1.29, 1.82) is 0 Å². The molecule has 0 radical (unpaired) electrons. The van der Waals surface area contributed by atoms with E-state index < -0.39 is 0 Å². The summed E-state index contributed by atoms with van der Waals surface area (Å²) in [5.74, 6) is 1.68. The van der Waals surface area contributed by atoms with Crippen molar-refractivity contribution in [2.24, 2.45) is 11.8 Å². The monoisotopic (exact) mass is 345 g/mol. The fourth-order valence-electron chi connectivity index (χ4n) is 5.30. The Kier molecular flexibility index (Phi) is 3.76. The number of hydrogen-bond donors (Lipinski definition) is 1. The molecule has 1 aromatic carbocycles. The summed E-state index contributed by atoms with van der Waals surface area (Å²) < 4.78 is 11.7. The van der Waals surface area contributed by atoms with Crippen LogP contribution < -0.4 is 4.74 Å². The van der Waals surface area contributed by atoms with Gasteiger partial charge in [0.15, 0.2) is 0 Å². The van der Waals surface area contributed by atoms with E-state index in [9.17, 15) is 9.90 Å². The number of fused-ring (bicyclic) bond motifs is 3. The van der Waals surface area contributed by atoms with Crippen LogP contribution in [0, 0.1) is 11.8 Å². The maximum atomic E-state index is 13.1. The first-order valence-electron chi connectivity index (χ1n) is 9.18. The number of phenols is 1. The largest absolute Gasteiger partial charge is 0.507 e. The molecule has 2 saturated carbocycles. The first kappa shape index (κ1) is 16.7. The second kappa shape index (κ2) is 5.63. The third-order valence-corrected chi connectivity index (χ3v) is 6.15. The van der Waals surface area contributed by atoms with E-state index in [-0.39, 0.29) is 22.9 Å². The molecule has 1 saturated heterocycles. The van der Waals surface area contributed by atoms with E-state index in [2.05, 4.69) is 13.8 Å². The molecular weight excluding hydrogens is 318 g/mol. The van der Waals surface area contributed by atoms with E-state index in [1.165, 1.54) is 25.3 Å². The summed E-state index contributed by atoms with van der Waals surface area (Å²) in [7, 11) is 1.54. The van der Waals surface area contributed by atoms with E-state index >= 15 is 0 Å². The molecule has 0 unspecified atom stereocenters. The minimum Gasteiger partial charge on any atom is -0.507 e. The van der Waals surface area contributed by atoms with Gasteiger partial charge < -0.3 is 19.5 Å². The fourth-order valence-corrected chi connectivity index (χ4v) is 5.30. The van der Waals surface area contributed by atoms with Crippen LogP contribution in [0.25, 0.3) is 0 Å². The summed E-state index contributed by atoms with van der Waals surface area (Å²) in [5, 5.41) is 10.3. The Bertz CT molecular complexity index is 701. The number of carbonyl (C=O) groups excluding carboxylic acids is 1. The molecule has 3 atom stereocenters. The Morgan fingerprint density at radius 2 is 2.12 bits per heavy atom. The van der Waals surface area contributed by atoms with Gasteiger partial charge >= 0.3 is 0 Å². The van der Waals surface area contributed by atoms with Gasteiger partial charge in [-0.1, -0.05) is 0 Å². The highest BCUT2D eigenvalue weighted by atomic mass is 16.5. The van der Waals surface area contributed by atoms with Crippen LogP contribution in [-0.4, -0.2) is 47.3 Å². The van der Waals surface area contributed by atoms with E-state index in [0.29, 0.717) is 30.3 Å². The quantitative estimate of drug-likeness (QED) is 0.894. The fraction of sp³-hybridized carbons (Fsp3) is 0.650. The first-order chi connectivity index (χ1) is 11.8. The van der Waals surface area contributed by atoms with Crippen molar-refractivity contribution in [2.45, 2.75) is 50.7 Å². The lowest BCUT2D eigenvalue weighted by Gasteiger charge is -2.52. The average Bonchev–Trinajstić information content (AvgIpc) is 3.13. The smallest absolute Gasteiger partial charge is 0.257 e. The summed E-state index contributed by atoms with van der Waals surface area (Å²) >= 11 is 0. The molecule has 1 N–H and O–H groups in total. The Labute approximate surface area is 148 Å². The summed E-state index contributed by atoms with van der Waals surface area (Å²) in [6.07, 6.45) is 4.78. The number of rotatable bonds is 2. The molecule has 3 fully saturated rings. The highest BCUT2D eigenvalue weighted by Crippen LogP contribution is 2.55. The van der Waals surface area contributed by atoms with Crippen molar-refractivity contribution >= 4 is 5.91 Å². The topological polar surface area (TPSA) is 59.0 Å². The summed E-state index contributed by atoms with van der Waals surface area (Å²) in [6.45, 7) is 5.29. The zero-order chi connectivity index (χ0) is 17.8. The van der Waals surface area contributed by atoms with Crippen LogP contribution in [-0.2, 0) is 4.74 Å². The van der Waals surface area contributed by atoms with Gasteiger partial charge in [0.25, 0.3) is 5.91 Å². The molecule has 1 aromatic rings. The van der Waals surface area contributed by atoms with Crippen LogP contribution in [0.1, 0.15) is 49.9 Å². The second-order valence-corrected chi connectivity index (χ2v) is 8.55. The van der Waals surface area contributed by atoms with Crippen molar-refractivity contribution in [3.8, 4) is 11.5 Å².